The number of nitrogens with one attached hydrogen (secondary N) is 1. The second-order valence-electron chi connectivity index (χ2n) is 18.2. The number of ether oxygens (including phenoxy) is 6. The van der Waals surface area contributed by atoms with Crippen LogP contribution in [-0.4, -0.2) is 90.4 Å². The average Bonchev–Trinajstić information content (AvgIpc) is 3.40. The first kappa shape index (κ1) is 51.9. The lowest BCUT2D eigenvalue weighted by Gasteiger charge is -2.59. The molecule has 1 fully saturated rings. The number of anilines is 1. The summed E-state index contributed by atoms with van der Waals surface area (Å²) in [5.74, 6) is -1.35. The fourth-order valence-corrected chi connectivity index (χ4v) is 10.7. The minimum Gasteiger partial charge on any atom is -0.497 e. The highest BCUT2D eigenvalue weighted by atomic mass is 16.7. The summed E-state index contributed by atoms with van der Waals surface area (Å²) in [5, 5.41) is 41.1. The highest BCUT2D eigenvalue weighted by Crippen LogP contribution is 2.62. The van der Waals surface area contributed by atoms with Crippen LogP contribution >= 0.6 is 0 Å². The quantitative estimate of drug-likeness (QED) is 0.0255. The molecule has 8 rings (SSSR count). The third-order valence-electron chi connectivity index (χ3n) is 13.9. The molecule has 0 radical (unpaired) electrons. The molecule has 0 spiro atoms. The van der Waals surface area contributed by atoms with Crippen molar-refractivity contribution in [1.82, 2.24) is 4.90 Å². The number of allylic oxidation sites excluding steroid dienone is 1. The lowest BCUT2D eigenvalue weighted by Crippen LogP contribution is -2.70. The van der Waals surface area contributed by atoms with Gasteiger partial charge in [-0.05, 0) is 109 Å². The van der Waals surface area contributed by atoms with Gasteiger partial charge in [-0.2, -0.15) is 0 Å². The van der Waals surface area contributed by atoms with Gasteiger partial charge >= 0.3 is 12.2 Å². The Kier molecular flexibility index (Phi) is 16.9. The zero-order valence-corrected chi connectivity index (χ0v) is 41.3. The van der Waals surface area contributed by atoms with Crippen molar-refractivity contribution < 1.29 is 58.0 Å². The number of nitro benzene ring substituents is 1. The maximum atomic E-state index is 15.3. The van der Waals surface area contributed by atoms with Crippen molar-refractivity contribution >= 4 is 40.0 Å². The number of benzene rings is 5. The Morgan fingerprint density at radius 1 is 0.904 bits per heavy atom. The van der Waals surface area contributed by atoms with Gasteiger partial charge in [-0.25, -0.2) is 9.59 Å². The van der Waals surface area contributed by atoms with Gasteiger partial charge in [-0.3, -0.25) is 20.3 Å². The molecule has 6 atom stereocenters. The van der Waals surface area contributed by atoms with Crippen LogP contribution in [0.4, 0.5) is 21.0 Å². The molecule has 384 valence electrons. The summed E-state index contributed by atoms with van der Waals surface area (Å²) < 4.78 is 37.6. The van der Waals surface area contributed by atoms with Gasteiger partial charge in [-0.15, -0.1) is 6.58 Å². The number of aliphatic hydroxyl groups is 2. The number of aliphatic hydroxyl groups excluding tert-OH is 2. The lowest BCUT2D eigenvalue weighted by molar-refractivity contribution is -0.384. The van der Waals surface area contributed by atoms with Crippen LogP contribution < -0.4 is 29.0 Å². The molecule has 3 aliphatic rings. The smallest absolute Gasteiger partial charge is 0.417 e. The Morgan fingerprint density at radius 2 is 1.64 bits per heavy atom. The second-order valence-corrected chi connectivity index (χ2v) is 18.2. The fourth-order valence-electron chi connectivity index (χ4n) is 10.7. The molecule has 17 heteroatoms. The molecule has 0 unspecified atom stereocenters. The van der Waals surface area contributed by atoms with E-state index in [2.05, 4.69) is 18.0 Å². The van der Waals surface area contributed by atoms with Crippen LogP contribution in [0.15, 0.2) is 133 Å². The van der Waals surface area contributed by atoms with E-state index in [9.17, 15) is 25.1 Å². The SMILES string of the molecule is C=CCO[C@@]12Oc3ccc(OC(=O)Nc4ccc(OC)cc4OC)cc3[C@H]3[C@H](CCCCO)[C@@H](CCCCO)C=C(C(=NOCC)C[C@@H]1N(Cc1cccc4ccccc14)C(=O)Oc1ccc([N+](=O)[O-])cc1)[C@H]32. The maximum absolute atomic E-state index is 15.3. The van der Waals surface area contributed by atoms with Crippen molar-refractivity contribution in [2.75, 3.05) is 46.0 Å². The van der Waals surface area contributed by atoms with E-state index < -0.39 is 40.8 Å². The van der Waals surface area contributed by atoms with Crippen LogP contribution in [-0.2, 0) is 16.1 Å². The molecule has 73 heavy (non-hydrogen) atoms. The number of methoxy groups -OCH3 is 2. The third kappa shape index (κ3) is 11.3. The monoisotopic (exact) mass is 998 g/mol. The van der Waals surface area contributed by atoms with E-state index >= 15 is 4.79 Å². The van der Waals surface area contributed by atoms with Crippen LogP contribution in [0.2, 0.25) is 0 Å². The van der Waals surface area contributed by atoms with E-state index in [1.807, 2.05) is 55.5 Å². The first-order chi connectivity index (χ1) is 35.6. The zero-order valence-electron chi connectivity index (χ0n) is 41.3. The molecular weight excluding hydrogens is 937 g/mol. The predicted octanol–water partition coefficient (Wildman–Crippen LogP) is 10.7. The number of nitro groups is 1. The van der Waals surface area contributed by atoms with Gasteiger partial charge in [0.1, 0.15) is 41.4 Å². The van der Waals surface area contributed by atoms with Crippen molar-refractivity contribution in [3.8, 4) is 28.7 Å². The van der Waals surface area contributed by atoms with E-state index in [0.717, 1.165) is 40.3 Å². The normalized spacial score (nSPS) is 21.1. The topological polar surface area (TPSA) is 210 Å². The van der Waals surface area contributed by atoms with Gasteiger partial charge in [0.25, 0.3) is 5.69 Å². The van der Waals surface area contributed by atoms with Gasteiger partial charge in [0, 0.05) is 49.3 Å². The van der Waals surface area contributed by atoms with Gasteiger partial charge in [-0.1, -0.05) is 72.6 Å². The number of unbranched alkanes of at least 4 members (excludes halogenated alkanes) is 2. The van der Waals surface area contributed by atoms with E-state index in [-0.39, 0.29) is 68.4 Å². The minimum atomic E-state index is -1.67. The number of non-ortho nitro benzene ring substituents is 1. The summed E-state index contributed by atoms with van der Waals surface area (Å²) in [4.78, 5) is 47.6. The molecule has 1 heterocycles. The third-order valence-corrected chi connectivity index (χ3v) is 13.9. The molecule has 2 aliphatic carbocycles. The van der Waals surface area contributed by atoms with Gasteiger partial charge in [0.2, 0.25) is 5.79 Å². The summed E-state index contributed by atoms with van der Waals surface area (Å²) in [6.45, 7) is 6.18. The molecule has 2 amide bonds. The Bertz CT molecular complexity index is 2830. The van der Waals surface area contributed by atoms with E-state index in [1.165, 1.54) is 38.5 Å². The van der Waals surface area contributed by atoms with Gasteiger partial charge in [0.05, 0.1) is 49.6 Å². The van der Waals surface area contributed by atoms with Crippen molar-refractivity contribution in [2.24, 2.45) is 22.9 Å². The number of nitrogens with zero attached hydrogens (tertiary/aromatic N) is 3. The molecule has 3 N–H and O–H groups in total. The van der Waals surface area contributed by atoms with Gasteiger partial charge < -0.3 is 43.5 Å². The number of oxime groups is 1. The molecule has 1 aliphatic heterocycles. The summed E-state index contributed by atoms with van der Waals surface area (Å²) in [5.41, 5.74) is 3.11. The number of rotatable bonds is 22. The molecule has 0 bridgehead atoms. The van der Waals surface area contributed by atoms with Crippen LogP contribution in [0.25, 0.3) is 10.8 Å². The van der Waals surface area contributed by atoms with Crippen molar-refractivity contribution in [1.29, 1.82) is 0 Å². The number of carbonyl (C=O) groups excluding carboxylic acids is 2. The van der Waals surface area contributed by atoms with E-state index in [1.54, 1.807) is 41.3 Å². The Labute approximate surface area is 424 Å². The highest BCUT2D eigenvalue weighted by Gasteiger charge is 2.66. The van der Waals surface area contributed by atoms with Gasteiger partial charge in [0.15, 0.2) is 0 Å². The van der Waals surface area contributed by atoms with Crippen molar-refractivity contribution in [3.05, 3.63) is 149 Å². The minimum absolute atomic E-state index is 0.00246. The van der Waals surface area contributed by atoms with Crippen LogP contribution in [0.3, 0.4) is 0 Å². The molecular formula is C56H62N4O13. The lowest BCUT2D eigenvalue weighted by atomic mass is 9.55. The molecule has 0 aromatic heterocycles. The highest BCUT2D eigenvalue weighted by molar-refractivity contribution is 6.03. The Hall–Kier alpha value is -7.47. The summed E-state index contributed by atoms with van der Waals surface area (Å²) in [7, 11) is 3.02. The summed E-state index contributed by atoms with van der Waals surface area (Å²) in [6.07, 6.45) is 6.34. The Balaban J connectivity index is 1.31. The molecule has 5 aromatic rings. The average molecular weight is 999 g/mol. The van der Waals surface area contributed by atoms with Crippen molar-refractivity contribution in [3.63, 3.8) is 0 Å². The fraction of sp³-hybridized carbons (Fsp3) is 0.375. The molecule has 5 aromatic carbocycles. The van der Waals surface area contributed by atoms with Crippen LogP contribution in [0, 0.1) is 27.9 Å². The van der Waals surface area contributed by atoms with E-state index in [0.29, 0.717) is 54.3 Å². The summed E-state index contributed by atoms with van der Waals surface area (Å²) >= 11 is 0. The zero-order chi connectivity index (χ0) is 51.5. The molecule has 1 saturated carbocycles. The number of hydrogen-bond donors (Lipinski definition) is 3. The number of fused-ring (bicyclic) bond motifs is 3. The van der Waals surface area contributed by atoms with Crippen molar-refractivity contribution in [2.45, 2.75) is 76.2 Å². The molecule has 0 saturated heterocycles. The predicted molar refractivity (Wildman–Crippen MR) is 274 cm³/mol. The number of hydrogen-bond acceptors (Lipinski definition) is 14. The van der Waals surface area contributed by atoms with Crippen LogP contribution in [0.5, 0.6) is 28.7 Å². The second kappa shape index (κ2) is 23.8. The first-order valence-electron chi connectivity index (χ1n) is 24.7. The largest absolute Gasteiger partial charge is 0.497 e. The summed E-state index contributed by atoms with van der Waals surface area (Å²) in [6, 6.07) is 28.3. The van der Waals surface area contributed by atoms with Crippen LogP contribution in [0.1, 0.15) is 68.9 Å². The number of amides is 2. The number of carbonyl (C=O) groups is 2. The van der Waals surface area contributed by atoms with E-state index in [4.69, 9.17) is 38.4 Å². The Morgan fingerprint density at radius 3 is 2.37 bits per heavy atom. The maximum Gasteiger partial charge on any atom is 0.417 e. The standard InChI is InChI=1S/C56H62N4O13/c1-5-30-69-56-51(59(35-38-17-13-16-36-14-7-8-18-43(36)38)55(64)72-40-22-20-39(21-23-40)60(65)66)34-48(58-70-6-2)45-31-37(15-9-11-28-61)44(19-10-12-29-62)52(53(45)56)46-32-42(25-27-49(46)73-56)71-54(63)57-47-26-24-41(67-3)33-50(47)68-4/h5,7-8,13-14,16-18,20-27,31-33,37,44,51-53,61-62H,1,6,9-12,15,19,28-30,34-35H2,2-4H3,(H,57,63)/t37-,44+,51-,52+,53+,56+/m0/s1. The first-order valence-corrected chi connectivity index (χ1v) is 24.7. The molecule has 17 nitrogen and oxygen atoms in total.